The number of rotatable bonds is 8. The molecule has 2 heteroatoms. The van der Waals surface area contributed by atoms with Gasteiger partial charge >= 0.3 is 0 Å². The molecular formula is C19H26ClN. The van der Waals surface area contributed by atoms with Crippen LogP contribution in [0.25, 0.3) is 11.1 Å². The van der Waals surface area contributed by atoms with E-state index in [9.17, 15) is 0 Å². The van der Waals surface area contributed by atoms with Crippen molar-refractivity contribution in [2.24, 2.45) is 0 Å². The maximum atomic E-state index is 2.30. The van der Waals surface area contributed by atoms with Crippen LogP contribution in [-0.2, 0) is 6.54 Å². The highest BCUT2D eigenvalue weighted by molar-refractivity contribution is 5.61. The topological polar surface area (TPSA) is 3.88 Å². The summed E-state index contributed by atoms with van der Waals surface area (Å²) in [4.78, 5) is 0. The average molecular weight is 304 g/mol. The Labute approximate surface area is 135 Å². The minimum Gasteiger partial charge on any atom is -1.00 e. The fourth-order valence-corrected chi connectivity index (χ4v) is 2.50. The summed E-state index contributed by atoms with van der Waals surface area (Å²) in [5.41, 5.74) is 2.59. The molecule has 1 nitrogen and oxygen atoms in total. The van der Waals surface area contributed by atoms with Gasteiger partial charge in [-0.1, -0.05) is 62.9 Å². The van der Waals surface area contributed by atoms with E-state index in [-0.39, 0.29) is 12.4 Å². The number of pyridine rings is 1. The summed E-state index contributed by atoms with van der Waals surface area (Å²) >= 11 is 0. The van der Waals surface area contributed by atoms with Crippen molar-refractivity contribution in [3.8, 4) is 11.1 Å². The van der Waals surface area contributed by atoms with Crippen LogP contribution in [0.15, 0.2) is 54.9 Å². The van der Waals surface area contributed by atoms with Crippen molar-refractivity contribution >= 4 is 0 Å². The van der Waals surface area contributed by atoms with Crippen molar-refractivity contribution in [2.45, 2.75) is 52.0 Å². The Bertz CT molecular complexity index is 479. The van der Waals surface area contributed by atoms with Gasteiger partial charge in [0.2, 0.25) is 0 Å². The van der Waals surface area contributed by atoms with E-state index in [1.54, 1.807) is 0 Å². The molecule has 0 unspecified atom stereocenters. The molecule has 21 heavy (non-hydrogen) atoms. The van der Waals surface area contributed by atoms with Crippen LogP contribution in [0.2, 0.25) is 0 Å². The molecule has 0 aliphatic heterocycles. The molecule has 1 aromatic carbocycles. The normalized spacial score (nSPS) is 10.1. The fraction of sp³-hybridized carbons (Fsp3) is 0.421. The van der Waals surface area contributed by atoms with E-state index in [1.807, 2.05) is 0 Å². The first-order valence-corrected chi connectivity index (χ1v) is 7.94. The molecule has 0 saturated heterocycles. The zero-order chi connectivity index (χ0) is 14.0. The van der Waals surface area contributed by atoms with Gasteiger partial charge in [-0.2, -0.15) is 0 Å². The number of hydrogen-bond acceptors (Lipinski definition) is 0. The van der Waals surface area contributed by atoms with Crippen molar-refractivity contribution in [1.82, 2.24) is 0 Å². The van der Waals surface area contributed by atoms with E-state index in [1.165, 1.54) is 49.7 Å². The highest BCUT2D eigenvalue weighted by Crippen LogP contribution is 2.16. The van der Waals surface area contributed by atoms with Gasteiger partial charge in [0.1, 0.15) is 6.54 Å². The molecule has 0 N–H and O–H groups in total. The van der Waals surface area contributed by atoms with Crippen molar-refractivity contribution in [1.29, 1.82) is 0 Å². The molecule has 0 atom stereocenters. The van der Waals surface area contributed by atoms with Gasteiger partial charge in [0.15, 0.2) is 12.4 Å². The minimum atomic E-state index is 0. The molecule has 1 aromatic heterocycles. The van der Waals surface area contributed by atoms with Crippen LogP contribution in [0, 0.1) is 0 Å². The molecule has 0 spiro atoms. The second-order valence-electron chi connectivity index (χ2n) is 5.46. The summed E-state index contributed by atoms with van der Waals surface area (Å²) in [6.07, 6.45) is 12.6. The first kappa shape index (κ1) is 17.7. The average Bonchev–Trinajstić information content (AvgIpc) is 2.52. The highest BCUT2D eigenvalue weighted by atomic mass is 35.5. The van der Waals surface area contributed by atoms with Crippen LogP contribution in [0.4, 0.5) is 0 Å². The summed E-state index contributed by atoms with van der Waals surface area (Å²) in [7, 11) is 0. The predicted octanol–water partition coefficient (Wildman–Crippen LogP) is 2.01. The Morgan fingerprint density at radius 2 is 1.29 bits per heavy atom. The quantitative estimate of drug-likeness (QED) is 0.519. The van der Waals surface area contributed by atoms with Crippen molar-refractivity contribution < 1.29 is 17.0 Å². The van der Waals surface area contributed by atoms with E-state index < -0.39 is 0 Å². The largest absolute Gasteiger partial charge is 1.00 e. The van der Waals surface area contributed by atoms with Crippen LogP contribution in [0.1, 0.15) is 45.4 Å². The summed E-state index contributed by atoms with van der Waals surface area (Å²) < 4.78 is 2.30. The Hall–Kier alpha value is -1.34. The van der Waals surface area contributed by atoms with Gasteiger partial charge in [-0.25, -0.2) is 4.57 Å². The maximum absolute atomic E-state index is 2.30. The summed E-state index contributed by atoms with van der Waals surface area (Å²) in [6.45, 7) is 3.41. The Morgan fingerprint density at radius 3 is 1.95 bits per heavy atom. The number of aryl methyl sites for hydroxylation is 1. The molecule has 0 aliphatic carbocycles. The first-order valence-electron chi connectivity index (χ1n) is 7.94. The third-order valence-electron chi connectivity index (χ3n) is 3.77. The SMILES string of the molecule is CCCCCCCC[n+]1ccc(-c2ccccc2)cc1.[Cl-]. The third-order valence-corrected chi connectivity index (χ3v) is 3.77. The summed E-state index contributed by atoms with van der Waals surface area (Å²) in [5, 5.41) is 0. The first-order chi connectivity index (χ1) is 9.90. The molecule has 2 aromatic rings. The number of halogens is 1. The molecule has 0 amide bonds. The molecule has 0 bridgehead atoms. The van der Waals surface area contributed by atoms with E-state index in [0.717, 1.165) is 6.54 Å². The monoisotopic (exact) mass is 303 g/mol. The molecule has 0 fully saturated rings. The predicted molar refractivity (Wildman–Crippen MR) is 85.4 cm³/mol. The fourth-order valence-electron chi connectivity index (χ4n) is 2.50. The molecule has 0 radical (unpaired) electrons. The second kappa shape index (κ2) is 10.4. The summed E-state index contributed by atoms with van der Waals surface area (Å²) in [5.74, 6) is 0. The van der Waals surface area contributed by atoms with E-state index in [0.29, 0.717) is 0 Å². The van der Waals surface area contributed by atoms with Gasteiger partial charge in [-0.3, -0.25) is 0 Å². The standard InChI is InChI=1S/C19H26N.ClH/c1-2-3-4-5-6-10-15-20-16-13-19(14-17-20)18-11-8-7-9-12-18;/h7-9,11-14,16-17H,2-6,10,15H2,1H3;1H/q+1;/p-1. The Morgan fingerprint density at radius 1 is 0.714 bits per heavy atom. The second-order valence-corrected chi connectivity index (χ2v) is 5.46. The van der Waals surface area contributed by atoms with Crippen LogP contribution >= 0.6 is 0 Å². The lowest BCUT2D eigenvalue weighted by atomic mass is 10.1. The number of aromatic nitrogens is 1. The van der Waals surface area contributed by atoms with E-state index in [2.05, 4.69) is 66.3 Å². The van der Waals surface area contributed by atoms with Crippen LogP contribution < -0.4 is 17.0 Å². The molecule has 0 saturated carbocycles. The Balaban J connectivity index is 0.00000220. The van der Waals surface area contributed by atoms with Crippen molar-refractivity contribution in [3.05, 3.63) is 54.9 Å². The van der Waals surface area contributed by atoms with Gasteiger partial charge in [-0.05, 0) is 17.5 Å². The molecular weight excluding hydrogens is 278 g/mol. The molecule has 1 heterocycles. The van der Waals surface area contributed by atoms with E-state index in [4.69, 9.17) is 0 Å². The smallest absolute Gasteiger partial charge is 0.169 e. The van der Waals surface area contributed by atoms with Gasteiger partial charge in [0.25, 0.3) is 0 Å². The summed E-state index contributed by atoms with van der Waals surface area (Å²) in [6, 6.07) is 15.0. The van der Waals surface area contributed by atoms with Crippen LogP contribution in [-0.4, -0.2) is 0 Å². The third kappa shape index (κ3) is 6.31. The van der Waals surface area contributed by atoms with Gasteiger partial charge in [-0.15, -0.1) is 0 Å². The van der Waals surface area contributed by atoms with Crippen molar-refractivity contribution in [2.75, 3.05) is 0 Å². The van der Waals surface area contributed by atoms with E-state index >= 15 is 0 Å². The number of benzene rings is 1. The number of unbranched alkanes of at least 4 members (excludes halogenated alkanes) is 5. The van der Waals surface area contributed by atoms with Gasteiger partial charge in [0, 0.05) is 18.6 Å². The van der Waals surface area contributed by atoms with Crippen LogP contribution in [0.3, 0.4) is 0 Å². The van der Waals surface area contributed by atoms with Gasteiger partial charge in [0.05, 0.1) is 0 Å². The maximum Gasteiger partial charge on any atom is 0.169 e. The lowest BCUT2D eigenvalue weighted by Gasteiger charge is -2.01. The number of nitrogens with zero attached hydrogens (tertiary/aromatic N) is 1. The molecule has 0 aliphatic rings. The highest BCUT2D eigenvalue weighted by Gasteiger charge is 2.02. The number of hydrogen-bond donors (Lipinski definition) is 0. The zero-order valence-electron chi connectivity index (χ0n) is 13.0. The molecule has 2 rings (SSSR count). The van der Waals surface area contributed by atoms with Crippen LogP contribution in [0.5, 0.6) is 0 Å². The van der Waals surface area contributed by atoms with Crippen molar-refractivity contribution in [3.63, 3.8) is 0 Å². The lowest BCUT2D eigenvalue weighted by Crippen LogP contribution is -3.00. The van der Waals surface area contributed by atoms with Gasteiger partial charge < -0.3 is 12.4 Å². The molecule has 114 valence electrons. The Kier molecular flexibility index (Phi) is 8.77. The minimum absolute atomic E-state index is 0. The lowest BCUT2D eigenvalue weighted by molar-refractivity contribution is -0.697. The zero-order valence-corrected chi connectivity index (χ0v) is 13.7.